The van der Waals surface area contributed by atoms with Gasteiger partial charge in [-0.3, -0.25) is 4.98 Å². The summed E-state index contributed by atoms with van der Waals surface area (Å²) in [5.74, 6) is 1.81. The Morgan fingerprint density at radius 2 is 1.74 bits per heavy atom. The van der Waals surface area contributed by atoms with Crippen LogP contribution in [0.1, 0.15) is 29.9 Å². The van der Waals surface area contributed by atoms with Crippen molar-refractivity contribution in [2.45, 2.75) is 26.1 Å². The summed E-state index contributed by atoms with van der Waals surface area (Å²) in [5, 5.41) is 4.65. The van der Waals surface area contributed by atoms with E-state index in [1.165, 1.54) is 5.56 Å². The Labute approximate surface area is 158 Å². The number of para-hydroxylation sites is 1. The van der Waals surface area contributed by atoms with E-state index in [2.05, 4.69) is 41.5 Å². The molecule has 2 aromatic carbocycles. The third kappa shape index (κ3) is 4.36. The number of nitrogens with zero attached hydrogens (tertiary/aromatic N) is 1. The van der Waals surface area contributed by atoms with Gasteiger partial charge in [-0.2, -0.15) is 0 Å². The second-order valence-electron chi connectivity index (χ2n) is 6.58. The number of ether oxygens (including phenoxy) is 1. The van der Waals surface area contributed by atoms with Crippen LogP contribution in [-0.4, -0.2) is 4.98 Å². The lowest BCUT2D eigenvalue weighted by molar-refractivity contribution is 0.306. The van der Waals surface area contributed by atoms with Gasteiger partial charge in [0, 0.05) is 24.3 Å². The lowest BCUT2D eigenvalue weighted by Crippen LogP contribution is -2.17. The van der Waals surface area contributed by atoms with E-state index in [4.69, 9.17) is 9.15 Å². The molecule has 4 aromatic rings. The van der Waals surface area contributed by atoms with E-state index in [0.717, 1.165) is 34.6 Å². The van der Waals surface area contributed by atoms with Gasteiger partial charge in [0.1, 0.15) is 23.7 Å². The summed E-state index contributed by atoms with van der Waals surface area (Å²) >= 11 is 0. The normalized spacial score (nSPS) is 12.2. The van der Waals surface area contributed by atoms with Crippen LogP contribution in [0.25, 0.3) is 11.0 Å². The van der Waals surface area contributed by atoms with Gasteiger partial charge >= 0.3 is 0 Å². The molecule has 1 atom stereocenters. The van der Waals surface area contributed by atoms with Crippen LogP contribution in [0, 0.1) is 0 Å². The Bertz CT molecular complexity index is 961. The first-order chi connectivity index (χ1) is 13.3. The third-order valence-corrected chi connectivity index (χ3v) is 4.56. The molecule has 1 N–H and O–H groups in total. The van der Waals surface area contributed by atoms with Gasteiger partial charge < -0.3 is 14.5 Å². The quantitative estimate of drug-likeness (QED) is 0.490. The average Bonchev–Trinajstić information content (AvgIpc) is 3.16. The zero-order valence-corrected chi connectivity index (χ0v) is 15.3. The van der Waals surface area contributed by atoms with Crippen LogP contribution in [-0.2, 0) is 13.2 Å². The van der Waals surface area contributed by atoms with E-state index in [-0.39, 0.29) is 6.04 Å². The number of fused-ring (bicyclic) bond motifs is 1. The smallest absolute Gasteiger partial charge is 0.134 e. The standard InChI is InChI=1S/C23H22N2O2/c1-17(23-14-20-4-2-3-5-22(20)27-23)25-15-18-6-8-21(9-7-18)26-16-19-10-12-24-13-11-19/h2-14,17,25H,15-16H2,1H3/t17-/m1/s1. The molecule has 0 fully saturated rings. The molecule has 0 aliphatic carbocycles. The molecule has 0 unspecified atom stereocenters. The molecule has 2 heterocycles. The fourth-order valence-electron chi connectivity index (χ4n) is 2.94. The molecule has 0 bridgehead atoms. The number of benzene rings is 2. The summed E-state index contributed by atoms with van der Waals surface area (Å²) in [4.78, 5) is 4.01. The van der Waals surface area contributed by atoms with Crippen molar-refractivity contribution in [1.82, 2.24) is 10.3 Å². The van der Waals surface area contributed by atoms with Gasteiger partial charge in [0.05, 0.1) is 6.04 Å². The predicted octanol–water partition coefficient (Wildman–Crippen LogP) is 5.26. The van der Waals surface area contributed by atoms with Gasteiger partial charge in [-0.1, -0.05) is 30.3 Å². The van der Waals surface area contributed by atoms with E-state index >= 15 is 0 Å². The van der Waals surface area contributed by atoms with Crippen molar-refractivity contribution in [3.05, 3.63) is 96.0 Å². The van der Waals surface area contributed by atoms with Crippen LogP contribution in [0.5, 0.6) is 5.75 Å². The van der Waals surface area contributed by atoms with E-state index in [1.54, 1.807) is 12.4 Å². The molecule has 0 amide bonds. The second kappa shape index (κ2) is 8.06. The highest BCUT2D eigenvalue weighted by molar-refractivity contribution is 5.77. The van der Waals surface area contributed by atoms with Crippen molar-refractivity contribution in [2.75, 3.05) is 0 Å². The van der Waals surface area contributed by atoms with Gasteiger partial charge in [-0.25, -0.2) is 0 Å². The van der Waals surface area contributed by atoms with Gasteiger partial charge in [-0.05, 0) is 54.4 Å². The number of hydrogen-bond donors (Lipinski definition) is 1. The minimum Gasteiger partial charge on any atom is -0.489 e. The minimum atomic E-state index is 0.139. The molecule has 0 aliphatic rings. The van der Waals surface area contributed by atoms with Crippen molar-refractivity contribution in [1.29, 1.82) is 0 Å². The number of hydrogen-bond acceptors (Lipinski definition) is 4. The van der Waals surface area contributed by atoms with Crippen molar-refractivity contribution in [3.8, 4) is 5.75 Å². The summed E-state index contributed by atoms with van der Waals surface area (Å²) < 4.78 is 11.7. The molecule has 4 heteroatoms. The fraction of sp³-hybridized carbons (Fsp3) is 0.174. The van der Waals surface area contributed by atoms with E-state index < -0.39 is 0 Å². The molecule has 136 valence electrons. The Hall–Kier alpha value is -3.11. The number of nitrogens with one attached hydrogen (secondary N) is 1. The van der Waals surface area contributed by atoms with E-state index in [9.17, 15) is 0 Å². The van der Waals surface area contributed by atoms with Crippen molar-refractivity contribution in [3.63, 3.8) is 0 Å². The molecule has 0 radical (unpaired) electrons. The van der Waals surface area contributed by atoms with E-state index in [1.807, 2.05) is 42.5 Å². The summed E-state index contributed by atoms with van der Waals surface area (Å²) in [5.41, 5.74) is 3.24. The highest BCUT2D eigenvalue weighted by Crippen LogP contribution is 2.24. The summed E-state index contributed by atoms with van der Waals surface area (Å²) in [6.45, 7) is 3.43. The van der Waals surface area contributed by atoms with Gasteiger partial charge in [0.15, 0.2) is 0 Å². The zero-order valence-electron chi connectivity index (χ0n) is 15.3. The lowest BCUT2D eigenvalue weighted by atomic mass is 10.2. The molecule has 0 aliphatic heterocycles. The molecule has 2 aromatic heterocycles. The van der Waals surface area contributed by atoms with Gasteiger partial charge in [-0.15, -0.1) is 0 Å². The topological polar surface area (TPSA) is 47.3 Å². The highest BCUT2D eigenvalue weighted by Gasteiger charge is 2.10. The van der Waals surface area contributed by atoms with Crippen LogP contribution in [0.2, 0.25) is 0 Å². The lowest BCUT2D eigenvalue weighted by Gasteiger charge is -2.12. The Balaban J connectivity index is 1.31. The van der Waals surface area contributed by atoms with Crippen LogP contribution >= 0.6 is 0 Å². The summed E-state index contributed by atoms with van der Waals surface area (Å²) in [7, 11) is 0. The Morgan fingerprint density at radius 3 is 2.52 bits per heavy atom. The summed E-state index contributed by atoms with van der Waals surface area (Å²) in [6, 6.07) is 22.4. The SMILES string of the molecule is C[C@@H](NCc1ccc(OCc2ccncc2)cc1)c1cc2ccccc2o1. The number of aromatic nitrogens is 1. The molecule has 4 rings (SSSR count). The minimum absolute atomic E-state index is 0.139. The average molecular weight is 358 g/mol. The monoisotopic (exact) mass is 358 g/mol. The number of pyridine rings is 1. The highest BCUT2D eigenvalue weighted by atomic mass is 16.5. The molecule has 4 nitrogen and oxygen atoms in total. The van der Waals surface area contributed by atoms with Crippen LogP contribution in [0.4, 0.5) is 0 Å². The zero-order chi connectivity index (χ0) is 18.5. The maximum atomic E-state index is 5.92. The van der Waals surface area contributed by atoms with Crippen molar-refractivity contribution >= 4 is 11.0 Å². The number of furan rings is 1. The Morgan fingerprint density at radius 1 is 0.963 bits per heavy atom. The number of rotatable bonds is 7. The Kier molecular flexibility index (Phi) is 5.17. The van der Waals surface area contributed by atoms with Gasteiger partial charge in [0.2, 0.25) is 0 Å². The second-order valence-corrected chi connectivity index (χ2v) is 6.58. The predicted molar refractivity (Wildman–Crippen MR) is 106 cm³/mol. The molecular formula is C23H22N2O2. The maximum absolute atomic E-state index is 5.92. The van der Waals surface area contributed by atoms with Crippen molar-refractivity contribution in [2.24, 2.45) is 0 Å². The molecule has 27 heavy (non-hydrogen) atoms. The maximum Gasteiger partial charge on any atom is 0.134 e. The van der Waals surface area contributed by atoms with Crippen LogP contribution < -0.4 is 10.1 Å². The third-order valence-electron chi connectivity index (χ3n) is 4.56. The molecular weight excluding hydrogens is 336 g/mol. The molecule has 0 spiro atoms. The molecule has 0 saturated carbocycles. The first kappa shape index (κ1) is 17.3. The van der Waals surface area contributed by atoms with Gasteiger partial charge in [0.25, 0.3) is 0 Å². The first-order valence-corrected chi connectivity index (χ1v) is 9.10. The first-order valence-electron chi connectivity index (χ1n) is 9.10. The van der Waals surface area contributed by atoms with Crippen LogP contribution in [0.15, 0.2) is 83.5 Å². The largest absolute Gasteiger partial charge is 0.489 e. The fourth-order valence-corrected chi connectivity index (χ4v) is 2.94. The van der Waals surface area contributed by atoms with Crippen LogP contribution in [0.3, 0.4) is 0 Å². The van der Waals surface area contributed by atoms with Crippen molar-refractivity contribution < 1.29 is 9.15 Å². The van der Waals surface area contributed by atoms with E-state index in [0.29, 0.717) is 6.61 Å². The molecule has 0 saturated heterocycles. The summed E-state index contributed by atoms with van der Waals surface area (Å²) in [6.07, 6.45) is 3.55.